The van der Waals surface area contributed by atoms with Crippen LogP contribution < -0.4 is 5.73 Å². The van der Waals surface area contributed by atoms with E-state index in [9.17, 15) is 0 Å². The largest absolute Gasteiger partial charge is 0.453 e. The van der Waals surface area contributed by atoms with E-state index in [1.165, 1.54) is 0 Å². The van der Waals surface area contributed by atoms with Crippen molar-refractivity contribution in [3.8, 4) is 0 Å². The first-order valence-electron chi connectivity index (χ1n) is 3.85. The predicted molar refractivity (Wildman–Crippen MR) is 50.1 cm³/mol. The molecule has 1 atom stereocenters. The fourth-order valence-electron chi connectivity index (χ4n) is 1.02. The van der Waals surface area contributed by atoms with E-state index in [2.05, 4.69) is 6.58 Å². The van der Waals surface area contributed by atoms with Gasteiger partial charge in [0.05, 0.1) is 6.26 Å². The third-order valence-electron chi connectivity index (χ3n) is 1.73. The molecule has 0 amide bonds. The molecule has 2 N–H and O–H groups in total. The zero-order valence-electron chi connectivity index (χ0n) is 6.79. The lowest BCUT2D eigenvalue weighted by atomic mass is 10.1. The molecule has 66 valence electrons. The number of allylic oxidation sites excluding steroid dienone is 1. The van der Waals surface area contributed by atoms with Crippen LogP contribution in [0.2, 0.25) is 5.22 Å². The molecule has 3 heteroatoms. The van der Waals surface area contributed by atoms with Gasteiger partial charge in [0, 0.05) is 11.6 Å². The van der Waals surface area contributed by atoms with E-state index >= 15 is 0 Å². The van der Waals surface area contributed by atoms with E-state index in [4.69, 9.17) is 21.8 Å². The molecule has 0 saturated carbocycles. The van der Waals surface area contributed by atoms with Gasteiger partial charge in [-0.1, -0.05) is 6.08 Å². The standard InChI is InChI=1S/C9H12ClNO/c1-2-3-4-8(11)7-5-6-12-9(7)10/h2,5-6,8H,1,3-4,11H2. The Hall–Kier alpha value is -0.730. The maximum absolute atomic E-state index is 5.83. The molecule has 0 aliphatic carbocycles. The summed E-state index contributed by atoms with van der Waals surface area (Å²) in [6.07, 6.45) is 5.13. The highest BCUT2D eigenvalue weighted by atomic mass is 35.5. The van der Waals surface area contributed by atoms with Gasteiger partial charge in [-0.2, -0.15) is 0 Å². The van der Waals surface area contributed by atoms with E-state index in [-0.39, 0.29) is 6.04 Å². The molecule has 0 aliphatic rings. The zero-order valence-corrected chi connectivity index (χ0v) is 7.55. The van der Waals surface area contributed by atoms with Gasteiger partial charge in [-0.15, -0.1) is 6.58 Å². The lowest BCUT2D eigenvalue weighted by Crippen LogP contribution is -2.08. The van der Waals surface area contributed by atoms with Crippen molar-refractivity contribution >= 4 is 11.6 Å². The maximum Gasteiger partial charge on any atom is 0.197 e. The molecule has 0 spiro atoms. The summed E-state index contributed by atoms with van der Waals surface area (Å²) >= 11 is 5.74. The topological polar surface area (TPSA) is 39.2 Å². The average molecular weight is 186 g/mol. The normalized spacial score (nSPS) is 12.8. The molecule has 0 bridgehead atoms. The highest BCUT2D eigenvalue weighted by Crippen LogP contribution is 2.25. The van der Waals surface area contributed by atoms with Crippen molar-refractivity contribution in [2.45, 2.75) is 18.9 Å². The van der Waals surface area contributed by atoms with Crippen LogP contribution in [0.5, 0.6) is 0 Å². The lowest BCUT2D eigenvalue weighted by molar-refractivity contribution is 0.557. The molecule has 0 radical (unpaired) electrons. The van der Waals surface area contributed by atoms with Gasteiger partial charge in [0.25, 0.3) is 0 Å². The van der Waals surface area contributed by atoms with Gasteiger partial charge in [0.1, 0.15) is 0 Å². The van der Waals surface area contributed by atoms with Crippen molar-refractivity contribution in [1.29, 1.82) is 0 Å². The Bertz CT molecular complexity index is 257. The molecule has 0 saturated heterocycles. The molecule has 1 heterocycles. The minimum atomic E-state index is -0.0470. The number of hydrogen-bond acceptors (Lipinski definition) is 2. The second kappa shape index (κ2) is 4.33. The van der Waals surface area contributed by atoms with Gasteiger partial charge in [0.2, 0.25) is 0 Å². The van der Waals surface area contributed by atoms with Gasteiger partial charge in [-0.25, -0.2) is 0 Å². The van der Waals surface area contributed by atoms with Crippen LogP contribution >= 0.6 is 11.6 Å². The molecular formula is C9H12ClNO. The summed E-state index contributed by atoms with van der Waals surface area (Å²) in [7, 11) is 0. The third-order valence-corrected chi connectivity index (χ3v) is 2.03. The molecule has 0 fully saturated rings. The molecule has 1 aromatic heterocycles. The summed E-state index contributed by atoms with van der Waals surface area (Å²) in [5.74, 6) is 0. The van der Waals surface area contributed by atoms with E-state index in [0.717, 1.165) is 18.4 Å². The SMILES string of the molecule is C=CCCC(N)c1ccoc1Cl. The van der Waals surface area contributed by atoms with Crippen molar-refractivity contribution in [2.24, 2.45) is 5.73 Å². The van der Waals surface area contributed by atoms with Crippen molar-refractivity contribution < 1.29 is 4.42 Å². The highest BCUT2D eigenvalue weighted by molar-refractivity contribution is 6.29. The number of rotatable bonds is 4. The van der Waals surface area contributed by atoms with E-state index in [1.807, 2.05) is 6.08 Å². The Kier molecular flexibility index (Phi) is 3.38. The van der Waals surface area contributed by atoms with E-state index < -0.39 is 0 Å². The van der Waals surface area contributed by atoms with Crippen LogP contribution in [0, 0.1) is 0 Å². The van der Waals surface area contributed by atoms with Crippen LogP contribution in [0.3, 0.4) is 0 Å². The molecule has 2 nitrogen and oxygen atoms in total. The number of furan rings is 1. The quantitative estimate of drug-likeness (QED) is 0.733. The van der Waals surface area contributed by atoms with Crippen molar-refractivity contribution in [1.82, 2.24) is 0 Å². The van der Waals surface area contributed by atoms with Crippen LogP contribution in [-0.4, -0.2) is 0 Å². The minimum absolute atomic E-state index is 0.0470. The summed E-state index contributed by atoms with van der Waals surface area (Å²) < 4.78 is 4.93. The molecule has 1 rings (SSSR count). The second-order valence-electron chi connectivity index (χ2n) is 2.62. The molecular weight excluding hydrogens is 174 g/mol. The molecule has 0 aromatic carbocycles. The Morgan fingerprint density at radius 3 is 3.00 bits per heavy atom. The zero-order chi connectivity index (χ0) is 8.97. The number of nitrogens with two attached hydrogens (primary N) is 1. The predicted octanol–water partition coefficient (Wildman–Crippen LogP) is 2.90. The summed E-state index contributed by atoms with van der Waals surface area (Å²) in [5, 5.41) is 0.395. The molecule has 1 unspecified atom stereocenters. The highest BCUT2D eigenvalue weighted by Gasteiger charge is 2.10. The number of hydrogen-bond donors (Lipinski definition) is 1. The van der Waals surface area contributed by atoms with E-state index in [1.54, 1.807) is 12.3 Å². The Balaban J connectivity index is 2.58. The molecule has 0 aliphatic heterocycles. The van der Waals surface area contributed by atoms with Gasteiger partial charge in [-0.05, 0) is 30.5 Å². The molecule has 1 aromatic rings. The van der Waals surface area contributed by atoms with Crippen LogP contribution in [0.4, 0.5) is 0 Å². The lowest BCUT2D eigenvalue weighted by Gasteiger charge is -2.07. The smallest absolute Gasteiger partial charge is 0.197 e. The molecule has 12 heavy (non-hydrogen) atoms. The van der Waals surface area contributed by atoms with Gasteiger partial charge in [0.15, 0.2) is 5.22 Å². The summed E-state index contributed by atoms with van der Waals surface area (Å²) in [4.78, 5) is 0. The van der Waals surface area contributed by atoms with Gasteiger partial charge >= 0.3 is 0 Å². The van der Waals surface area contributed by atoms with Gasteiger partial charge in [-0.3, -0.25) is 0 Å². The number of halogens is 1. The monoisotopic (exact) mass is 185 g/mol. The van der Waals surface area contributed by atoms with Crippen molar-refractivity contribution in [2.75, 3.05) is 0 Å². The summed E-state index contributed by atoms with van der Waals surface area (Å²) in [6.45, 7) is 3.62. The van der Waals surface area contributed by atoms with E-state index in [0.29, 0.717) is 5.22 Å². The minimum Gasteiger partial charge on any atom is -0.453 e. The average Bonchev–Trinajstić information content (AvgIpc) is 2.47. The first kappa shape index (κ1) is 9.36. The fraction of sp³-hybridized carbons (Fsp3) is 0.333. The Morgan fingerprint density at radius 2 is 2.50 bits per heavy atom. The Labute approximate surface area is 77.0 Å². The summed E-state index contributed by atoms with van der Waals surface area (Å²) in [5.41, 5.74) is 6.71. The van der Waals surface area contributed by atoms with Crippen LogP contribution in [0.1, 0.15) is 24.4 Å². The van der Waals surface area contributed by atoms with Crippen molar-refractivity contribution in [3.63, 3.8) is 0 Å². The first-order valence-corrected chi connectivity index (χ1v) is 4.23. The van der Waals surface area contributed by atoms with Crippen LogP contribution in [0.25, 0.3) is 0 Å². The van der Waals surface area contributed by atoms with Gasteiger partial charge < -0.3 is 10.2 Å². The van der Waals surface area contributed by atoms with Crippen LogP contribution in [0.15, 0.2) is 29.4 Å². The third kappa shape index (κ3) is 2.13. The Morgan fingerprint density at radius 1 is 1.75 bits per heavy atom. The second-order valence-corrected chi connectivity index (χ2v) is 2.97. The van der Waals surface area contributed by atoms with Crippen LogP contribution in [-0.2, 0) is 0 Å². The maximum atomic E-state index is 5.83. The van der Waals surface area contributed by atoms with Crippen molar-refractivity contribution in [3.05, 3.63) is 35.8 Å². The fourth-order valence-corrected chi connectivity index (χ4v) is 1.28. The summed E-state index contributed by atoms with van der Waals surface area (Å²) in [6, 6.07) is 1.75. The first-order chi connectivity index (χ1) is 5.75.